The highest BCUT2D eigenvalue weighted by molar-refractivity contribution is 5.80. The number of hydrogen-bond acceptors (Lipinski definition) is 6. The van der Waals surface area contributed by atoms with Gasteiger partial charge in [0.2, 0.25) is 0 Å². The summed E-state index contributed by atoms with van der Waals surface area (Å²) < 4.78 is 1.44. The van der Waals surface area contributed by atoms with Crippen LogP contribution in [0.15, 0.2) is 53.3 Å². The van der Waals surface area contributed by atoms with E-state index in [1.807, 2.05) is 18.0 Å². The third-order valence-electron chi connectivity index (χ3n) is 4.96. The number of aromatic nitrogens is 2. The van der Waals surface area contributed by atoms with E-state index in [0.717, 1.165) is 0 Å². The van der Waals surface area contributed by atoms with Crippen molar-refractivity contribution in [1.82, 2.24) is 19.4 Å². The van der Waals surface area contributed by atoms with Gasteiger partial charge in [0.1, 0.15) is 5.82 Å². The van der Waals surface area contributed by atoms with E-state index in [4.69, 9.17) is 0 Å². The second-order valence-corrected chi connectivity index (χ2v) is 7.06. The number of non-ortho nitro benzene ring substituents is 1. The maximum Gasteiger partial charge on any atom is 0.407 e. The van der Waals surface area contributed by atoms with Gasteiger partial charge >= 0.3 is 6.09 Å². The van der Waals surface area contributed by atoms with Crippen LogP contribution in [0.1, 0.15) is 12.7 Å². The Balaban J connectivity index is 2.03. The zero-order valence-corrected chi connectivity index (χ0v) is 17.3. The first-order valence-corrected chi connectivity index (χ1v) is 9.73. The van der Waals surface area contributed by atoms with Gasteiger partial charge in [-0.25, -0.2) is 9.78 Å². The summed E-state index contributed by atoms with van der Waals surface area (Å²) in [6.45, 7) is 3.20. The molecule has 0 atom stereocenters. The number of hydrogen-bond donors (Lipinski definition) is 1. The van der Waals surface area contributed by atoms with Crippen LogP contribution in [0, 0.1) is 10.1 Å². The molecule has 2 aromatic carbocycles. The van der Waals surface area contributed by atoms with Gasteiger partial charge < -0.3 is 10.0 Å². The molecule has 0 unspecified atom stereocenters. The molecule has 0 saturated heterocycles. The number of carboxylic acid groups (broad SMARTS) is 1. The number of nitro groups is 1. The number of amides is 1. The molecule has 0 bridgehead atoms. The number of nitro benzene ring substituents is 1. The number of para-hydroxylation sites is 1. The number of carbonyl (C=O) groups is 1. The fraction of sp³-hybridized carbons (Fsp3) is 0.286. The molecule has 162 valence electrons. The highest BCUT2D eigenvalue weighted by Crippen LogP contribution is 2.19. The summed E-state index contributed by atoms with van der Waals surface area (Å²) in [5.74, 6) is 0.457. The van der Waals surface area contributed by atoms with Crippen molar-refractivity contribution in [3.63, 3.8) is 0 Å². The molecule has 3 rings (SSSR count). The molecule has 0 radical (unpaired) electrons. The van der Waals surface area contributed by atoms with Crippen LogP contribution in [0.5, 0.6) is 0 Å². The molecule has 0 spiro atoms. The Labute approximate surface area is 178 Å². The predicted molar refractivity (Wildman–Crippen MR) is 116 cm³/mol. The van der Waals surface area contributed by atoms with Gasteiger partial charge in [-0.2, -0.15) is 0 Å². The Kier molecular flexibility index (Phi) is 6.61. The molecule has 10 heteroatoms. The summed E-state index contributed by atoms with van der Waals surface area (Å²) >= 11 is 0. The molecular weight excluding hydrogens is 402 g/mol. The van der Waals surface area contributed by atoms with Gasteiger partial charge in [0, 0.05) is 31.8 Å². The average molecular weight is 425 g/mol. The number of nitrogens with zero attached hydrogens (tertiary/aromatic N) is 5. The minimum Gasteiger partial charge on any atom is -0.465 e. The van der Waals surface area contributed by atoms with Crippen LogP contribution in [-0.2, 0) is 6.54 Å². The summed E-state index contributed by atoms with van der Waals surface area (Å²) in [4.78, 5) is 42.9. The number of likely N-dealkylation sites (N-methyl/N-ethyl adjacent to an activating group) is 2. The smallest absolute Gasteiger partial charge is 0.407 e. The zero-order valence-electron chi connectivity index (χ0n) is 17.3. The van der Waals surface area contributed by atoms with Gasteiger partial charge in [-0.15, -0.1) is 0 Å². The van der Waals surface area contributed by atoms with Crippen molar-refractivity contribution in [3.8, 4) is 5.69 Å². The van der Waals surface area contributed by atoms with E-state index in [1.165, 1.54) is 27.7 Å². The summed E-state index contributed by atoms with van der Waals surface area (Å²) in [5, 5.41) is 20.5. The van der Waals surface area contributed by atoms with E-state index in [0.29, 0.717) is 36.7 Å². The van der Waals surface area contributed by atoms with Crippen molar-refractivity contribution in [2.24, 2.45) is 0 Å². The van der Waals surface area contributed by atoms with Gasteiger partial charge in [0.25, 0.3) is 11.2 Å². The molecule has 0 aliphatic rings. The summed E-state index contributed by atoms with van der Waals surface area (Å²) in [6, 6.07) is 13.0. The fourth-order valence-corrected chi connectivity index (χ4v) is 3.28. The molecule has 3 aromatic rings. The van der Waals surface area contributed by atoms with Gasteiger partial charge in [-0.3, -0.25) is 24.4 Å². The van der Waals surface area contributed by atoms with Crippen LogP contribution in [0.4, 0.5) is 10.5 Å². The largest absolute Gasteiger partial charge is 0.465 e. The standard InChI is InChI=1S/C21H23N5O5/c1-3-24(21(28)29)12-11-23(2)14-19-22-18-10-9-16(26(30)31)13-17(18)20(27)25(19)15-7-5-4-6-8-15/h4-10,13H,3,11-12,14H2,1-2H3,(H,28,29). The highest BCUT2D eigenvalue weighted by atomic mass is 16.6. The number of rotatable bonds is 8. The van der Waals surface area contributed by atoms with Crippen LogP contribution in [-0.4, -0.2) is 62.2 Å². The molecular formula is C21H23N5O5. The SMILES string of the molecule is CCN(CCN(C)Cc1nc2ccc([N+](=O)[O-])cc2c(=O)n1-c1ccccc1)C(=O)O. The first-order chi connectivity index (χ1) is 14.8. The maximum atomic E-state index is 13.3. The quantitative estimate of drug-likeness (QED) is 0.435. The van der Waals surface area contributed by atoms with Crippen LogP contribution in [0.3, 0.4) is 0 Å². The van der Waals surface area contributed by atoms with Crippen molar-refractivity contribution in [2.45, 2.75) is 13.5 Å². The Hall–Kier alpha value is -3.79. The Bertz CT molecular complexity index is 1160. The maximum absolute atomic E-state index is 13.3. The van der Waals surface area contributed by atoms with Crippen LogP contribution in [0.25, 0.3) is 16.6 Å². The Morgan fingerprint density at radius 3 is 2.52 bits per heavy atom. The normalized spacial score (nSPS) is 11.1. The molecule has 0 saturated carbocycles. The van der Waals surface area contributed by atoms with E-state index in [9.17, 15) is 24.8 Å². The fourth-order valence-electron chi connectivity index (χ4n) is 3.28. The van der Waals surface area contributed by atoms with Gasteiger partial charge in [0.05, 0.1) is 28.1 Å². The van der Waals surface area contributed by atoms with E-state index < -0.39 is 16.6 Å². The number of benzene rings is 2. The molecule has 0 aliphatic heterocycles. The number of fused-ring (bicyclic) bond motifs is 1. The first kappa shape index (κ1) is 21.9. The molecule has 0 aliphatic carbocycles. The van der Waals surface area contributed by atoms with E-state index in [-0.39, 0.29) is 17.6 Å². The molecule has 1 heterocycles. The van der Waals surface area contributed by atoms with E-state index in [2.05, 4.69) is 4.98 Å². The topological polar surface area (TPSA) is 122 Å². The zero-order chi connectivity index (χ0) is 22.5. The molecule has 1 amide bonds. The first-order valence-electron chi connectivity index (χ1n) is 9.73. The van der Waals surface area contributed by atoms with Gasteiger partial charge in [-0.05, 0) is 32.2 Å². The lowest BCUT2D eigenvalue weighted by molar-refractivity contribution is -0.384. The van der Waals surface area contributed by atoms with Crippen LogP contribution < -0.4 is 5.56 Å². The highest BCUT2D eigenvalue weighted by Gasteiger charge is 2.18. The third-order valence-corrected chi connectivity index (χ3v) is 4.96. The summed E-state index contributed by atoms with van der Waals surface area (Å²) in [7, 11) is 1.82. The minimum absolute atomic E-state index is 0.160. The second kappa shape index (κ2) is 9.35. The monoisotopic (exact) mass is 425 g/mol. The van der Waals surface area contributed by atoms with Crippen molar-refractivity contribution in [2.75, 3.05) is 26.7 Å². The predicted octanol–water partition coefficient (Wildman–Crippen LogP) is 2.73. The van der Waals surface area contributed by atoms with Crippen LogP contribution >= 0.6 is 0 Å². The molecule has 10 nitrogen and oxygen atoms in total. The lowest BCUT2D eigenvalue weighted by Crippen LogP contribution is -2.37. The summed E-state index contributed by atoms with van der Waals surface area (Å²) in [5.41, 5.74) is 0.387. The van der Waals surface area contributed by atoms with E-state index in [1.54, 1.807) is 31.2 Å². The lowest BCUT2D eigenvalue weighted by atomic mass is 10.2. The molecule has 1 aromatic heterocycles. The average Bonchev–Trinajstić information content (AvgIpc) is 2.74. The van der Waals surface area contributed by atoms with Crippen molar-refractivity contribution in [1.29, 1.82) is 0 Å². The van der Waals surface area contributed by atoms with E-state index >= 15 is 0 Å². The van der Waals surface area contributed by atoms with Crippen LogP contribution in [0.2, 0.25) is 0 Å². The van der Waals surface area contributed by atoms with Crippen molar-refractivity contribution >= 4 is 22.7 Å². The minimum atomic E-state index is -0.984. The Morgan fingerprint density at radius 2 is 1.90 bits per heavy atom. The van der Waals surface area contributed by atoms with Gasteiger partial charge in [-0.1, -0.05) is 18.2 Å². The summed E-state index contributed by atoms with van der Waals surface area (Å²) in [6.07, 6.45) is -0.984. The molecule has 0 fully saturated rings. The Morgan fingerprint density at radius 1 is 1.19 bits per heavy atom. The van der Waals surface area contributed by atoms with Crippen molar-refractivity contribution < 1.29 is 14.8 Å². The van der Waals surface area contributed by atoms with Crippen molar-refractivity contribution in [3.05, 3.63) is 74.8 Å². The second-order valence-electron chi connectivity index (χ2n) is 7.06. The molecule has 31 heavy (non-hydrogen) atoms. The lowest BCUT2D eigenvalue weighted by Gasteiger charge is -2.23. The van der Waals surface area contributed by atoms with Gasteiger partial charge in [0.15, 0.2) is 0 Å². The third kappa shape index (κ3) is 4.86. The molecule has 1 N–H and O–H groups in total.